The van der Waals surface area contributed by atoms with E-state index < -0.39 is 0 Å². The number of hydrogen-bond acceptors (Lipinski definition) is 4. The smallest absolute Gasteiger partial charge is 0.219 e. The highest BCUT2D eigenvalue weighted by Crippen LogP contribution is 2.24. The van der Waals surface area contributed by atoms with Gasteiger partial charge in [0.05, 0.1) is 5.52 Å². The van der Waals surface area contributed by atoms with Gasteiger partial charge in [0.25, 0.3) is 0 Å². The van der Waals surface area contributed by atoms with Crippen molar-refractivity contribution in [1.29, 1.82) is 0 Å². The molecule has 2 aromatic rings. The van der Waals surface area contributed by atoms with Crippen LogP contribution in [0.15, 0.2) is 30.3 Å². The quantitative estimate of drug-likeness (QED) is 0.904. The molecule has 0 aliphatic carbocycles. The lowest BCUT2D eigenvalue weighted by Crippen LogP contribution is -2.48. The highest BCUT2D eigenvalue weighted by Gasteiger charge is 2.21. The highest BCUT2D eigenvalue weighted by molar-refractivity contribution is 5.82. The number of pyridine rings is 1. The predicted molar refractivity (Wildman–Crippen MR) is 84.1 cm³/mol. The molecule has 0 spiro atoms. The van der Waals surface area contributed by atoms with E-state index in [9.17, 15) is 4.79 Å². The first-order chi connectivity index (χ1) is 10.2. The molecular formula is C16H20N4O. The Hall–Kier alpha value is -2.14. The summed E-state index contributed by atoms with van der Waals surface area (Å²) >= 11 is 0. The number of anilines is 1. The molecule has 3 rings (SSSR count). The number of amides is 1. The van der Waals surface area contributed by atoms with Crippen LogP contribution >= 0.6 is 0 Å². The summed E-state index contributed by atoms with van der Waals surface area (Å²) < 4.78 is 0. The van der Waals surface area contributed by atoms with Gasteiger partial charge < -0.3 is 15.5 Å². The summed E-state index contributed by atoms with van der Waals surface area (Å²) in [4.78, 5) is 20.3. The summed E-state index contributed by atoms with van der Waals surface area (Å²) in [7, 11) is 0. The standard InChI is InChI=1S/C16H20N4O/c1-12(21)19-6-8-20(9-7-19)16-14(11-17)10-13-4-2-3-5-15(13)18-16/h2-5,10H,6-9,11,17H2,1H3. The number of aromatic nitrogens is 1. The van der Waals surface area contributed by atoms with Crippen molar-refractivity contribution in [2.45, 2.75) is 13.5 Å². The van der Waals surface area contributed by atoms with Gasteiger partial charge in [0, 0.05) is 50.6 Å². The molecule has 0 atom stereocenters. The lowest BCUT2D eigenvalue weighted by Gasteiger charge is -2.35. The third kappa shape index (κ3) is 2.69. The van der Waals surface area contributed by atoms with Crippen molar-refractivity contribution in [3.8, 4) is 0 Å². The average molecular weight is 284 g/mol. The van der Waals surface area contributed by atoms with E-state index in [2.05, 4.69) is 17.0 Å². The second-order valence-corrected chi connectivity index (χ2v) is 5.36. The van der Waals surface area contributed by atoms with Crippen LogP contribution in [0.1, 0.15) is 12.5 Å². The van der Waals surface area contributed by atoms with Gasteiger partial charge in [0.1, 0.15) is 5.82 Å². The summed E-state index contributed by atoms with van der Waals surface area (Å²) in [5, 5.41) is 1.11. The van der Waals surface area contributed by atoms with Crippen LogP contribution in [-0.2, 0) is 11.3 Å². The van der Waals surface area contributed by atoms with Gasteiger partial charge in [-0.05, 0) is 12.1 Å². The molecule has 1 fully saturated rings. The van der Waals surface area contributed by atoms with Crippen LogP contribution in [-0.4, -0.2) is 42.0 Å². The maximum Gasteiger partial charge on any atom is 0.219 e. The number of benzene rings is 1. The van der Waals surface area contributed by atoms with Crippen LogP contribution in [0.5, 0.6) is 0 Å². The first kappa shape index (κ1) is 13.8. The molecule has 0 saturated carbocycles. The third-order valence-electron chi connectivity index (χ3n) is 4.02. The van der Waals surface area contributed by atoms with Crippen molar-refractivity contribution in [1.82, 2.24) is 9.88 Å². The van der Waals surface area contributed by atoms with Crippen LogP contribution in [0.25, 0.3) is 10.9 Å². The number of piperazine rings is 1. The Balaban J connectivity index is 1.91. The van der Waals surface area contributed by atoms with E-state index in [4.69, 9.17) is 10.7 Å². The van der Waals surface area contributed by atoms with Gasteiger partial charge in [-0.2, -0.15) is 0 Å². The van der Waals surface area contributed by atoms with E-state index in [0.717, 1.165) is 48.5 Å². The zero-order valence-electron chi connectivity index (χ0n) is 12.2. The lowest BCUT2D eigenvalue weighted by molar-refractivity contribution is -0.129. The number of fused-ring (bicyclic) bond motifs is 1. The summed E-state index contributed by atoms with van der Waals surface area (Å²) in [6, 6.07) is 10.2. The van der Waals surface area contributed by atoms with Gasteiger partial charge in [-0.25, -0.2) is 4.98 Å². The van der Waals surface area contributed by atoms with E-state index in [1.165, 1.54) is 0 Å². The average Bonchev–Trinajstić information content (AvgIpc) is 2.53. The molecule has 2 N–H and O–H groups in total. The number of carbonyl (C=O) groups excluding carboxylic acids is 1. The second-order valence-electron chi connectivity index (χ2n) is 5.36. The first-order valence-corrected chi connectivity index (χ1v) is 7.28. The summed E-state index contributed by atoms with van der Waals surface area (Å²) in [5.74, 6) is 1.10. The zero-order chi connectivity index (χ0) is 14.8. The lowest BCUT2D eigenvalue weighted by atomic mass is 10.1. The Morgan fingerprint density at radius 3 is 2.62 bits per heavy atom. The Kier molecular flexibility index (Phi) is 3.75. The number of nitrogens with zero attached hydrogens (tertiary/aromatic N) is 3. The highest BCUT2D eigenvalue weighted by atomic mass is 16.2. The molecule has 0 bridgehead atoms. The largest absolute Gasteiger partial charge is 0.353 e. The van der Waals surface area contributed by atoms with E-state index in [1.54, 1.807) is 6.92 Å². The Morgan fingerprint density at radius 1 is 1.24 bits per heavy atom. The van der Waals surface area contributed by atoms with Gasteiger partial charge in [0.2, 0.25) is 5.91 Å². The van der Waals surface area contributed by atoms with Gasteiger partial charge in [-0.15, -0.1) is 0 Å². The SMILES string of the molecule is CC(=O)N1CCN(c2nc3ccccc3cc2CN)CC1. The number of para-hydroxylation sites is 1. The van der Waals surface area contributed by atoms with Crippen molar-refractivity contribution in [2.75, 3.05) is 31.1 Å². The van der Waals surface area contributed by atoms with Crippen LogP contribution < -0.4 is 10.6 Å². The fourth-order valence-electron chi connectivity index (χ4n) is 2.81. The monoisotopic (exact) mass is 284 g/mol. The summed E-state index contributed by atoms with van der Waals surface area (Å²) in [6.45, 7) is 5.19. The Labute approximate surface area is 124 Å². The zero-order valence-corrected chi connectivity index (χ0v) is 12.2. The Bertz CT molecular complexity index is 662. The fourth-order valence-corrected chi connectivity index (χ4v) is 2.81. The second kappa shape index (κ2) is 5.69. The minimum absolute atomic E-state index is 0.139. The van der Waals surface area contributed by atoms with E-state index in [-0.39, 0.29) is 5.91 Å². The molecule has 110 valence electrons. The van der Waals surface area contributed by atoms with Crippen LogP contribution in [0, 0.1) is 0 Å². The number of carbonyl (C=O) groups is 1. The molecule has 5 nitrogen and oxygen atoms in total. The molecule has 0 radical (unpaired) electrons. The van der Waals surface area contributed by atoms with Gasteiger partial charge in [-0.3, -0.25) is 4.79 Å². The number of nitrogens with two attached hydrogens (primary N) is 1. The third-order valence-corrected chi connectivity index (χ3v) is 4.02. The predicted octanol–water partition coefficient (Wildman–Crippen LogP) is 1.36. The number of hydrogen-bond donors (Lipinski definition) is 1. The Morgan fingerprint density at radius 2 is 1.95 bits per heavy atom. The molecule has 1 aliphatic rings. The molecule has 5 heteroatoms. The van der Waals surface area contributed by atoms with Crippen molar-refractivity contribution < 1.29 is 4.79 Å². The molecule has 21 heavy (non-hydrogen) atoms. The van der Waals surface area contributed by atoms with Crippen LogP contribution in [0.3, 0.4) is 0 Å². The molecule has 0 unspecified atom stereocenters. The maximum absolute atomic E-state index is 11.4. The van der Waals surface area contributed by atoms with E-state index in [1.807, 2.05) is 23.1 Å². The van der Waals surface area contributed by atoms with Crippen molar-refractivity contribution in [3.05, 3.63) is 35.9 Å². The molecule has 1 saturated heterocycles. The minimum atomic E-state index is 0.139. The van der Waals surface area contributed by atoms with Crippen molar-refractivity contribution >= 4 is 22.6 Å². The normalized spacial score (nSPS) is 15.5. The van der Waals surface area contributed by atoms with Crippen LogP contribution in [0.2, 0.25) is 0 Å². The topological polar surface area (TPSA) is 62.5 Å². The minimum Gasteiger partial charge on any atom is -0.353 e. The molecule has 1 amide bonds. The van der Waals surface area contributed by atoms with Crippen molar-refractivity contribution in [3.63, 3.8) is 0 Å². The molecule has 1 aromatic heterocycles. The van der Waals surface area contributed by atoms with E-state index >= 15 is 0 Å². The first-order valence-electron chi connectivity index (χ1n) is 7.28. The van der Waals surface area contributed by atoms with E-state index in [0.29, 0.717) is 6.54 Å². The maximum atomic E-state index is 11.4. The van der Waals surface area contributed by atoms with Crippen molar-refractivity contribution in [2.24, 2.45) is 5.73 Å². The molecule has 1 aliphatic heterocycles. The number of rotatable bonds is 2. The van der Waals surface area contributed by atoms with Gasteiger partial charge >= 0.3 is 0 Å². The van der Waals surface area contributed by atoms with Gasteiger partial charge in [0.15, 0.2) is 0 Å². The summed E-state index contributed by atoms with van der Waals surface area (Å²) in [5.41, 5.74) is 7.94. The molecular weight excluding hydrogens is 264 g/mol. The van der Waals surface area contributed by atoms with Gasteiger partial charge in [-0.1, -0.05) is 18.2 Å². The molecule has 2 heterocycles. The summed E-state index contributed by atoms with van der Waals surface area (Å²) in [6.07, 6.45) is 0. The van der Waals surface area contributed by atoms with Crippen LogP contribution in [0.4, 0.5) is 5.82 Å². The fraction of sp³-hybridized carbons (Fsp3) is 0.375. The molecule has 1 aromatic carbocycles.